The number of aromatic nitrogens is 7. The average Bonchev–Trinajstić information content (AvgIpc) is 3.32. The molecule has 1 N–H and O–H groups in total. The molecule has 40 heavy (non-hydrogen) atoms. The molecule has 0 unspecified atom stereocenters. The van der Waals surface area contributed by atoms with Crippen molar-refractivity contribution < 1.29 is 22.6 Å². The number of methoxy groups -OCH3 is 2. The zero-order valence-electron chi connectivity index (χ0n) is 21.6. The number of imidazole rings is 1. The van der Waals surface area contributed by atoms with Crippen molar-refractivity contribution in [2.45, 2.75) is 12.7 Å². The number of halogens is 1. The first-order chi connectivity index (χ1) is 19.3. The number of benzene rings is 1. The van der Waals surface area contributed by atoms with Gasteiger partial charge in [0.2, 0.25) is 21.6 Å². The van der Waals surface area contributed by atoms with E-state index in [1.165, 1.54) is 32.7 Å². The van der Waals surface area contributed by atoms with E-state index >= 15 is 0 Å². The summed E-state index contributed by atoms with van der Waals surface area (Å²) in [6, 6.07) is 12.1. The quantitative estimate of drug-likeness (QED) is 0.256. The fraction of sp³-hybridized carbons (Fsp3) is 0.200. The van der Waals surface area contributed by atoms with Crippen molar-refractivity contribution in [1.82, 2.24) is 34.7 Å². The van der Waals surface area contributed by atoms with Crippen molar-refractivity contribution in [2.75, 3.05) is 25.5 Å². The van der Waals surface area contributed by atoms with E-state index in [0.29, 0.717) is 51.7 Å². The second-order valence-corrected chi connectivity index (χ2v) is 10.4. The normalized spacial score (nSPS) is 11.4. The van der Waals surface area contributed by atoms with Gasteiger partial charge in [0, 0.05) is 24.5 Å². The standard InChI is InChI=1S/C25H23ClN8O5S/c1-4-39-22-10-5-7-16(29-22)25-30-24-17(34(25)23-18(37-2)8-6-9-19(23)38-3)11-20(31-32-24)33-40(35,36)14-21-27-12-15(26)13-28-21/h5-13H,4,14H2,1-3H3,(H,31,33). The van der Waals surface area contributed by atoms with Crippen molar-refractivity contribution in [3.63, 3.8) is 0 Å². The number of ether oxygens (including phenoxy) is 3. The zero-order chi connectivity index (χ0) is 28.3. The van der Waals surface area contributed by atoms with Gasteiger partial charge < -0.3 is 14.2 Å². The predicted octanol–water partition coefficient (Wildman–Crippen LogP) is 3.68. The van der Waals surface area contributed by atoms with Crippen LogP contribution in [-0.2, 0) is 15.8 Å². The molecule has 0 spiro atoms. The fourth-order valence-electron chi connectivity index (χ4n) is 3.93. The first-order valence-electron chi connectivity index (χ1n) is 11.9. The number of pyridine rings is 1. The van der Waals surface area contributed by atoms with Gasteiger partial charge in [-0.25, -0.2) is 28.4 Å². The molecule has 0 fully saturated rings. The molecule has 0 radical (unpaired) electrons. The minimum absolute atomic E-state index is 0.0425. The van der Waals surface area contributed by atoms with Gasteiger partial charge in [-0.1, -0.05) is 23.7 Å². The molecule has 0 atom stereocenters. The van der Waals surface area contributed by atoms with Crippen molar-refractivity contribution in [2.24, 2.45) is 0 Å². The molecule has 4 aromatic heterocycles. The van der Waals surface area contributed by atoms with E-state index in [1.54, 1.807) is 41.0 Å². The molecule has 1 aromatic carbocycles. The van der Waals surface area contributed by atoms with E-state index in [0.717, 1.165) is 0 Å². The van der Waals surface area contributed by atoms with E-state index in [9.17, 15) is 8.42 Å². The number of hydrogen-bond acceptors (Lipinski definition) is 11. The Kier molecular flexibility index (Phi) is 7.62. The number of nitrogens with one attached hydrogen (secondary N) is 1. The molecular formula is C25H23ClN8O5S. The Morgan fingerprint density at radius 1 is 0.975 bits per heavy atom. The molecule has 0 aliphatic heterocycles. The number of para-hydroxylation sites is 1. The number of nitrogens with zero attached hydrogens (tertiary/aromatic N) is 7. The highest BCUT2D eigenvalue weighted by molar-refractivity contribution is 7.91. The van der Waals surface area contributed by atoms with Gasteiger partial charge in [-0.15, -0.1) is 10.2 Å². The predicted molar refractivity (Wildman–Crippen MR) is 147 cm³/mol. The Labute approximate surface area is 234 Å². The van der Waals surface area contributed by atoms with Crippen LogP contribution in [0.15, 0.2) is 54.9 Å². The number of rotatable bonds is 10. The first-order valence-corrected chi connectivity index (χ1v) is 13.9. The molecule has 0 aliphatic carbocycles. The summed E-state index contributed by atoms with van der Waals surface area (Å²) in [5.41, 5.74) is 1.62. The third-order valence-corrected chi connectivity index (χ3v) is 6.90. The summed E-state index contributed by atoms with van der Waals surface area (Å²) in [6.07, 6.45) is 2.64. The lowest BCUT2D eigenvalue weighted by Crippen LogP contribution is -2.17. The van der Waals surface area contributed by atoms with E-state index in [1.807, 2.05) is 6.92 Å². The van der Waals surface area contributed by atoms with Crippen molar-refractivity contribution in [3.8, 4) is 34.6 Å². The third-order valence-electron chi connectivity index (χ3n) is 5.54. The number of anilines is 1. The second-order valence-electron chi connectivity index (χ2n) is 8.19. The smallest absolute Gasteiger partial charge is 0.241 e. The Bertz CT molecular complexity index is 1760. The van der Waals surface area contributed by atoms with Crippen LogP contribution in [0, 0.1) is 0 Å². The van der Waals surface area contributed by atoms with Gasteiger partial charge in [0.1, 0.15) is 34.5 Å². The molecule has 0 saturated carbocycles. The average molecular weight is 583 g/mol. The summed E-state index contributed by atoms with van der Waals surface area (Å²) < 4.78 is 46.8. The Balaban J connectivity index is 1.66. The van der Waals surface area contributed by atoms with Gasteiger partial charge in [0.05, 0.1) is 31.4 Å². The van der Waals surface area contributed by atoms with Gasteiger partial charge in [-0.3, -0.25) is 9.29 Å². The third kappa shape index (κ3) is 5.58. The summed E-state index contributed by atoms with van der Waals surface area (Å²) in [5, 5.41) is 8.52. The van der Waals surface area contributed by atoms with Crippen molar-refractivity contribution in [1.29, 1.82) is 0 Å². The molecule has 0 bridgehead atoms. The number of hydrogen-bond donors (Lipinski definition) is 1. The topological polar surface area (TPSA) is 156 Å². The van der Waals surface area contributed by atoms with Crippen LogP contribution in [0.4, 0.5) is 5.82 Å². The first kappa shape index (κ1) is 27.0. The van der Waals surface area contributed by atoms with E-state index in [4.69, 9.17) is 25.8 Å². The van der Waals surface area contributed by atoms with Crippen LogP contribution in [0.2, 0.25) is 5.02 Å². The zero-order valence-corrected chi connectivity index (χ0v) is 23.1. The van der Waals surface area contributed by atoms with Gasteiger partial charge >= 0.3 is 0 Å². The van der Waals surface area contributed by atoms with Gasteiger partial charge in [0.15, 0.2) is 11.6 Å². The number of fused-ring (bicyclic) bond motifs is 1. The molecular weight excluding hydrogens is 560 g/mol. The molecule has 5 aromatic rings. The van der Waals surface area contributed by atoms with Crippen molar-refractivity contribution >= 4 is 38.6 Å². The number of sulfonamides is 1. The lowest BCUT2D eigenvalue weighted by Gasteiger charge is -2.17. The SMILES string of the molecule is CCOc1cccc(-c2nc3nnc(NS(=O)(=O)Cc4ncc(Cl)cn4)cc3n2-c2c(OC)cccc2OC)n1. The van der Waals surface area contributed by atoms with Crippen LogP contribution in [-0.4, -0.2) is 63.9 Å². The largest absolute Gasteiger partial charge is 0.494 e. The highest BCUT2D eigenvalue weighted by Crippen LogP contribution is 2.38. The molecule has 206 valence electrons. The Morgan fingerprint density at radius 2 is 1.68 bits per heavy atom. The second kappa shape index (κ2) is 11.3. The van der Waals surface area contributed by atoms with Crippen LogP contribution in [0.1, 0.15) is 12.7 Å². The molecule has 0 amide bonds. The monoisotopic (exact) mass is 582 g/mol. The summed E-state index contributed by atoms with van der Waals surface area (Å²) in [6.45, 7) is 2.30. The molecule has 13 nitrogen and oxygen atoms in total. The Morgan fingerprint density at radius 3 is 2.35 bits per heavy atom. The summed E-state index contributed by atoms with van der Waals surface area (Å²) in [4.78, 5) is 17.2. The van der Waals surface area contributed by atoms with Gasteiger partial charge in [-0.2, -0.15) is 0 Å². The maximum absolute atomic E-state index is 12.9. The Hall–Kier alpha value is -4.56. The molecule has 15 heteroatoms. The molecule has 0 saturated heterocycles. The lowest BCUT2D eigenvalue weighted by molar-refractivity contribution is 0.327. The highest BCUT2D eigenvalue weighted by Gasteiger charge is 2.24. The fourth-order valence-corrected chi connectivity index (χ4v) is 5.01. The lowest BCUT2D eigenvalue weighted by atomic mass is 10.2. The minimum Gasteiger partial charge on any atom is -0.494 e. The maximum Gasteiger partial charge on any atom is 0.241 e. The summed E-state index contributed by atoms with van der Waals surface area (Å²) in [5.74, 6) is 1.26. The molecule has 4 heterocycles. The minimum atomic E-state index is -3.96. The van der Waals surface area contributed by atoms with Gasteiger partial charge in [-0.05, 0) is 25.1 Å². The summed E-state index contributed by atoms with van der Waals surface area (Å²) >= 11 is 5.80. The maximum atomic E-state index is 12.9. The van der Waals surface area contributed by atoms with E-state index < -0.39 is 15.8 Å². The van der Waals surface area contributed by atoms with Crippen molar-refractivity contribution in [3.05, 3.63) is 65.7 Å². The summed E-state index contributed by atoms with van der Waals surface area (Å²) in [7, 11) is -0.896. The molecule has 5 rings (SSSR count). The van der Waals surface area contributed by atoms with Crippen LogP contribution < -0.4 is 18.9 Å². The van der Waals surface area contributed by atoms with Gasteiger partial charge in [0.25, 0.3) is 0 Å². The highest BCUT2D eigenvalue weighted by atomic mass is 35.5. The van der Waals surface area contributed by atoms with E-state index in [2.05, 4.69) is 34.9 Å². The van der Waals surface area contributed by atoms with Crippen LogP contribution in [0.25, 0.3) is 28.4 Å². The van der Waals surface area contributed by atoms with E-state index in [-0.39, 0.29) is 17.3 Å². The van der Waals surface area contributed by atoms with Crippen LogP contribution in [0.5, 0.6) is 17.4 Å². The van der Waals surface area contributed by atoms with Crippen LogP contribution in [0.3, 0.4) is 0 Å². The molecule has 0 aliphatic rings. The van der Waals surface area contributed by atoms with Crippen LogP contribution >= 0.6 is 11.6 Å².